The average molecular weight is 266 g/mol. The van der Waals surface area contributed by atoms with Gasteiger partial charge in [-0.25, -0.2) is 4.79 Å². The fourth-order valence-corrected chi connectivity index (χ4v) is 0.623. The SMILES string of the molecule is N=C(N)N(C(=N)N)C(=O)N(O[N+](=O)[O-])O[N+](=O)[O-]. The Morgan fingerprint density at radius 2 is 1.39 bits per heavy atom. The van der Waals surface area contributed by atoms with Crippen LogP contribution in [0.5, 0.6) is 0 Å². The summed E-state index contributed by atoms with van der Waals surface area (Å²) in [7, 11) is 0. The van der Waals surface area contributed by atoms with Gasteiger partial charge in [-0.2, -0.15) is 14.8 Å². The summed E-state index contributed by atoms with van der Waals surface area (Å²) in [5.74, 6) is -2.28. The summed E-state index contributed by atoms with van der Waals surface area (Å²) in [6.07, 6.45) is 0. The maximum absolute atomic E-state index is 11.3. The number of guanidine groups is 2. The van der Waals surface area contributed by atoms with Crippen molar-refractivity contribution in [1.82, 2.24) is 10.1 Å². The predicted molar refractivity (Wildman–Crippen MR) is 49.1 cm³/mol. The second-order valence-electron chi connectivity index (χ2n) is 2.26. The maximum atomic E-state index is 11.3. The predicted octanol–water partition coefficient (Wildman–Crippen LogP) is -2.26. The van der Waals surface area contributed by atoms with E-state index in [-0.39, 0.29) is 4.90 Å². The fourth-order valence-electron chi connectivity index (χ4n) is 0.623. The molecule has 0 aliphatic carbocycles. The van der Waals surface area contributed by atoms with E-state index in [0.29, 0.717) is 0 Å². The van der Waals surface area contributed by atoms with Gasteiger partial charge in [-0.05, 0) is 0 Å². The molecular weight excluding hydrogens is 260 g/mol. The molecule has 0 aliphatic rings. The summed E-state index contributed by atoms with van der Waals surface area (Å²) in [6.45, 7) is 0. The molecule has 18 heavy (non-hydrogen) atoms. The van der Waals surface area contributed by atoms with E-state index in [1.54, 1.807) is 0 Å². The Morgan fingerprint density at radius 3 is 1.61 bits per heavy atom. The quantitative estimate of drug-likeness (QED) is 0.186. The first-order valence-electron chi connectivity index (χ1n) is 3.64. The Hall–Kier alpha value is -3.39. The summed E-state index contributed by atoms with van der Waals surface area (Å²) in [4.78, 5) is 37.9. The van der Waals surface area contributed by atoms with E-state index in [1.807, 2.05) is 0 Å². The van der Waals surface area contributed by atoms with Crippen molar-refractivity contribution in [3.05, 3.63) is 20.2 Å². The van der Waals surface area contributed by atoms with Gasteiger partial charge in [0.2, 0.25) is 11.9 Å². The zero-order chi connectivity index (χ0) is 14.5. The Balaban J connectivity index is 5.13. The first-order chi connectivity index (χ1) is 8.16. The Kier molecular flexibility index (Phi) is 4.57. The molecule has 0 radical (unpaired) electrons. The molecule has 0 atom stereocenters. The van der Waals surface area contributed by atoms with E-state index in [2.05, 4.69) is 9.88 Å². The zero-order valence-electron chi connectivity index (χ0n) is 8.30. The normalized spacial score (nSPS) is 8.89. The molecule has 0 rings (SSSR count). The second kappa shape index (κ2) is 5.63. The standard InChI is InChI=1S/C3H6N8O7/c4-1(5)8(2(6)7)3(12)9(17-10(13)14)18-11(15)16/h(H3,4,5)(H3,6,7). The lowest BCUT2D eigenvalue weighted by Crippen LogP contribution is -2.54. The van der Waals surface area contributed by atoms with E-state index in [1.165, 1.54) is 0 Å². The van der Waals surface area contributed by atoms with Crippen molar-refractivity contribution >= 4 is 18.0 Å². The fraction of sp³-hybridized carbons (Fsp3) is 0. The van der Waals surface area contributed by atoms with Gasteiger partial charge in [0.1, 0.15) is 0 Å². The van der Waals surface area contributed by atoms with Crippen LogP contribution in [-0.4, -0.2) is 38.2 Å². The number of rotatable bonds is 4. The van der Waals surface area contributed by atoms with Crippen molar-refractivity contribution in [2.75, 3.05) is 0 Å². The topological polar surface area (TPSA) is 228 Å². The number of nitrogens with two attached hydrogens (primary N) is 2. The van der Waals surface area contributed by atoms with Gasteiger partial charge in [0.05, 0.1) is 0 Å². The van der Waals surface area contributed by atoms with E-state index in [9.17, 15) is 25.0 Å². The third-order valence-corrected chi connectivity index (χ3v) is 1.11. The van der Waals surface area contributed by atoms with Crippen LogP contribution in [0.1, 0.15) is 0 Å². The van der Waals surface area contributed by atoms with E-state index in [0.717, 1.165) is 0 Å². The molecule has 0 spiro atoms. The number of hydrogen-bond donors (Lipinski definition) is 4. The number of urea groups is 1. The second-order valence-corrected chi connectivity index (χ2v) is 2.26. The maximum Gasteiger partial charge on any atom is 0.383 e. The number of hydroxylamine groups is 2. The number of nitrogens with zero attached hydrogens (tertiary/aromatic N) is 4. The molecule has 100 valence electrons. The average Bonchev–Trinajstić information content (AvgIpc) is 2.13. The lowest BCUT2D eigenvalue weighted by atomic mass is 10.7. The minimum absolute atomic E-state index is 0.160. The molecule has 0 aliphatic heterocycles. The molecule has 15 nitrogen and oxygen atoms in total. The van der Waals surface area contributed by atoms with Gasteiger partial charge in [-0.1, -0.05) is 0 Å². The van der Waals surface area contributed by atoms with Gasteiger partial charge in [0.15, 0.2) is 0 Å². The molecule has 0 aromatic heterocycles. The molecule has 0 bridgehead atoms. The molecule has 0 heterocycles. The largest absolute Gasteiger partial charge is 0.383 e. The molecule has 0 unspecified atom stereocenters. The van der Waals surface area contributed by atoms with Crippen LogP contribution in [0, 0.1) is 31.0 Å². The minimum Gasteiger partial charge on any atom is -0.369 e. The summed E-state index contributed by atoms with van der Waals surface area (Å²) in [6, 6.07) is -1.84. The van der Waals surface area contributed by atoms with Crippen LogP contribution in [0.2, 0.25) is 0 Å². The summed E-state index contributed by atoms with van der Waals surface area (Å²) in [5.41, 5.74) is 9.66. The molecule has 0 saturated carbocycles. The first-order valence-corrected chi connectivity index (χ1v) is 3.64. The molecule has 15 heteroatoms. The van der Waals surface area contributed by atoms with Crippen LogP contribution >= 0.6 is 0 Å². The highest BCUT2D eigenvalue weighted by Gasteiger charge is 2.31. The van der Waals surface area contributed by atoms with Crippen LogP contribution in [0.25, 0.3) is 0 Å². The first kappa shape index (κ1) is 14.6. The minimum atomic E-state index is -1.84. The molecule has 6 N–H and O–H groups in total. The molecule has 2 amide bonds. The number of nitrogens with one attached hydrogen (secondary N) is 2. The number of hydrogen-bond acceptors (Lipinski definition) is 9. The van der Waals surface area contributed by atoms with Gasteiger partial charge in [-0.15, -0.1) is 20.2 Å². The van der Waals surface area contributed by atoms with Gasteiger partial charge < -0.3 is 11.5 Å². The van der Waals surface area contributed by atoms with Gasteiger partial charge in [-0.3, -0.25) is 10.8 Å². The van der Waals surface area contributed by atoms with Gasteiger partial charge in [0.25, 0.3) is 0 Å². The van der Waals surface area contributed by atoms with Crippen LogP contribution < -0.4 is 11.5 Å². The van der Waals surface area contributed by atoms with Crippen LogP contribution in [0.3, 0.4) is 0 Å². The highest BCUT2D eigenvalue weighted by molar-refractivity contribution is 6.09. The van der Waals surface area contributed by atoms with Crippen LogP contribution in [-0.2, 0) is 9.88 Å². The van der Waals surface area contributed by atoms with Crippen LogP contribution in [0.15, 0.2) is 0 Å². The number of carbonyl (C=O) groups excluding carboxylic acids is 1. The van der Waals surface area contributed by atoms with Crippen molar-refractivity contribution in [3.63, 3.8) is 0 Å². The van der Waals surface area contributed by atoms with Gasteiger partial charge >= 0.3 is 16.2 Å². The molecule has 0 aromatic rings. The lowest BCUT2D eigenvalue weighted by Gasteiger charge is -2.22. The van der Waals surface area contributed by atoms with E-state index in [4.69, 9.17) is 22.3 Å². The third kappa shape index (κ3) is 4.00. The molecule has 0 aromatic carbocycles. The molecule has 0 saturated heterocycles. The van der Waals surface area contributed by atoms with Crippen molar-refractivity contribution in [2.45, 2.75) is 0 Å². The number of carbonyl (C=O) groups is 1. The Morgan fingerprint density at radius 1 is 1.06 bits per heavy atom. The van der Waals surface area contributed by atoms with E-state index < -0.39 is 33.3 Å². The number of amides is 2. The van der Waals surface area contributed by atoms with Crippen molar-refractivity contribution < 1.29 is 24.8 Å². The van der Waals surface area contributed by atoms with E-state index >= 15 is 0 Å². The van der Waals surface area contributed by atoms with Crippen molar-refractivity contribution in [1.29, 1.82) is 10.8 Å². The highest BCUT2D eigenvalue weighted by Crippen LogP contribution is 2.01. The monoisotopic (exact) mass is 266 g/mol. The Labute approximate surface area is 96.6 Å². The lowest BCUT2D eigenvalue weighted by molar-refractivity contribution is -0.912. The van der Waals surface area contributed by atoms with Crippen molar-refractivity contribution in [2.24, 2.45) is 11.5 Å². The zero-order valence-corrected chi connectivity index (χ0v) is 8.30. The highest BCUT2D eigenvalue weighted by atomic mass is 17.2. The molecular formula is C3H6N8O7. The molecule has 0 fully saturated rings. The summed E-state index contributed by atoms with van der Waals surface area (Å²) >= 11 is 0. The smallest absolute Gasteiger partial charge is 0.369 e. The van der Waals surface area contributed by atoms with Crippen LogP contribution in [0.4, 0.5) is 4.79 Å². The van der Waals surface area contributed by atoms with Crippen molar-refractivity contribution in [3.8, 4) is 0 Å². The summed E-state index contributed by atoms with van der Waals surface area (Å²) in [5, 5.41) is 29.6. The summed E-state index contributed by atoms with van der Waals surface area (Å²) < 4.78 is 0. The Bertz CT molecular complexity index is 375. The van der Waals surface area contributed by atoms with Gasteiger partial charge in [0, 0.05) is 5.23 Å². The third-order valence-electron chi connectivity index (χ3n) is 1.11.